The number of amides is 1. The van der Waals surface area contributed by atoms with Gasteiger partial charge in [0.1, 0.15) is 5.82 Å². The minimum atomic E-state index is -0.104. The van der Waals surface area contributed by atoms with Crippen molar-refractivity contribution in [2.24, 2.45) is 0 Å². The molecule has 5 nitrogen and oxygen atoms in total. The molecule has 0 aliphatic rings. The Morgan fingerprint density at radius 3 is 2.67 bits per heavy atom. The molecular formula is C13H22N4O. The van der Waals surface area contributed by atoms with Crippen molar-refractivity contribution < 1.29 is 4.79 Å². The van der Waals surface area contributed by atoms with E-state index in [1.807, 2.05) is 32.8 Å². The molecule has 0 spiro atoms. The second-order valence-electron chi connectivity index (χ2n) is 4.92. The first-order valence-electron chi connectivity index (χ1n) is 6.10. The van der Waals surface area contributed by atoms with Crippen LogP contribution >= 0.6 is 0 Å². The first-order chi connectivity index (χ1) is 8.40. The largest absolute Gasteiger partial charge is 0.384 e. The van der Waals surface area contributed by atoms with Gasteiger partial charge in [0.05, 0.1) is 0 Å². The van der Waals surface area contributed by atoms with E-state index >= 15 is 0 Å². The number of nitrogen functional groups attached to an aromatic ring is 1. The summed E-state index contributed by atoms with van der Waals surface area (Å²) in [7, 11) is 3.93. The molecule has 100 valence electrons. The van der Waals surface area contributed by atoms with Gasteiger partial charge in [0.25, 0.3) is 5.91 Å². The van der Waals surface area contributed by atoms with Gasteiger partial charge in [0, 0.05) is 24.3 Å². The zero-order valence-electron chi connectivity index (χ0n) is 11.5. The van der Waals surface area contributed by atoms with Crippen molar-refractivity contribution in [2.45, 2.75) is 19.8 Å². The molecular weight excluding hydrogens is 228 g/mol. The molecule has 0 fully saturated rings. The summed E-state index contributed by atoms with van der Waals surface area (Å²) >= 11 is 0. The summed E-state index contributed by atoms with van der Waals surface area (Å²) in [6, 6.07) is 3.41. The van der Waals surface area contributed by atoms with Crippen molar-refractivity contribution in [1.29, 1.82) is 0 Å². The molecule has 0 saturated carbocycles. The van der Waals surface area contributed by atoms with Crippen LogP contribution in [0.4, 0.5) is 5.82 Å². The van der Waals surface area contributed by atoms with Crippen molar-refractivity contribution in [3.63, 3.8) is 0 Å². The summed E-state index contributed by atoms with van der Waals surface area (Å²) in [5, 5.41) is 2.86. The number of nitrogens with one attached hydrogen (secondary N) is 1. The molecule has 0 aromatic carbocycles. The van der Waals surface area contributed by atoms with Gasteiger partial charge >= 0.3 is 0 Å². The number of nitrogens with zero attached hydrogens (tertiary/aromatic N) is 2. The highest BCUT2D eigenvalue weighted by atomic mass is 16.1. The average Bonchev–Trinajstić information content (AvgIpc) is 2.27. The summed E-state index contributed by atoms with van der Waals surface area (Å²) in [4.78, 5) is 18.2. The number of pyridine rings is 1. The topological polar surface area (TPSA) is 71.2 Å². The number of carbonyl (C=O) groups excluding carboxylic acids is 1. The monoisotopic (exact) mass is 250 g/mol. The van der Waals surface area contributed by atoms with Crippen molar-refractivity contribution in [1.82, 2.24) is 15.2 Å². The van der Waals surface area contributed by atoms with Gasteiger partial charge in [-0.1, -0.05) is 13.8 Å². The summed E-state index contributed by atoms with van der Waals surface area (Å²) in [5.41, 5.74) is 7.13. The lowest BCUT2D eigenvalue weighted by Gasteiger charge is -2.12. The summed E-state index contributed by atoms with van der Waals surface area (Å²) < 4.78 is 0. The van der Waals surface area contributed by atoms with E-state index in [4.69, 9.17) is 5.73 Å². The van der Waals surface area contributed by atoms with Crippen molar-refractivity contribution in [2.75, 3.05) is 32.9 Å². The van der Waals surface area contributed by atoms with Crippen LogP contribution < -0.4 is 11.1 Å². The van der Waals surface area contributed by atoms with E-state index in [2.05, 4.69) is 10.3 Å². The predicted molar refractivity (Wildman–Crippen MR) is 73.6 cm³/mol. The van der Waals surface area contributed by atoms with Crippen molar-refractivity contribution in [3.8, 4) is 0 Å². The summed E-state index contributed by atoms with van der Waals surface area (Å²) in [6.07, 6.45) is 0. The maximum absolute atomic E-state index is 11.9. The average molecular weight is 250 g/mol. The molecule has 0 atom stereocenters. The molecule has 0 bridgehead atoms. The molecule has 1 amide bonds. The first-order valence-corrected chi connectivity index (χ1v) is 6.10. The standard InChI is InChI=1S/C13H22N4O/c1-9(2)11-7-10(8-12(14)16-11)13(18)15-5-6-17(3)4/h7-9H,5-6H2,1-4H3,(H2,14,16)(H,15,18). The fourth-order valence-electron chi connectivity index (χ4n) is 1.50. The maximum Gasteiger partial charge on any atom is 0.251 e. The zero-order valence-corrected chi connectivity index (χ0v) is 11.5. The van der Waals surface area contributed by atoms with Crippen LogP contribution in [0.1, 0.15) is 35.8 Å². The van der Waals surface area contributed by atoms with E-state index in [0.717, 1.165) is 12.2 Å². The highest BCUT2D eigenvalue weighted by molar-refractivity contribution is 5.94. The lowest BCUT2D eigenvalue weighted by Crippen LogP contribution is -2.31. The van der Waals surface area contributed by atoms with Crippen LogP contribution in [-0.4, -0.2) is 43.0 Å². The Bertz CT molecular complexity index is 415. The third kappa shape index (κ3) is 4.33. The van der Waals surface area contributed by atoms with Gasteiger partial charge in [-0.05, 0) is 32.1 Å². The maximum atomic E-state index is 11.9. The molecule has 0 aliphatic heterocycles. The second-order valence-corrected chi connectivity index (χ2v) is 4.92. The molecule has 0 radical (unpaired) electrons. The lowest BCUT2D eigenvalue weighted by atomic mass is 10.1. The summed E-state index contributed by atoms with van der Waals surface area (Å²) in [5.74, 6) is 0.536. The Morgan fingerprint density at radius 1 is 1.44 bits per heavy atom. The minimum Gasteiger partial charge on any atom is -0.384 e. The van der Waals surface area contributed by atoms with Crippen LogP contribution in [0, 0.1) is 0 Å². The molecule has 3 N–H and O–H groups in total. The minimum absolute atomic E-state index is 0.104. The van der Waals surface area contributed by atoms with Crippen LogP contribution in [0.2, 0.25) is 0 Å². The molecule has 1 heterocycles. The smallest absolute Gasteiger partial charge is 0.251 e. The van der Waals surface area contributed by atoms with Gasteiger partial charge in [-0.3, -0.25) is 4.79 Å². The SMILES string of the molecule is CC(C)c1cc(C(=O)NCCN(C)C)cc(N)n1. The number of nitrogens with two attached hydrogens (primary N) is 1. The second kappa shape index (κ2) is 6.35. The van der Waals surface area contributed by atoms with Crippen LogP contribution in [0.25, 0.3) is 0 Å². The van der Waals surface area contributed by atoms with Crippen LogP contribution in [0.5, 0.6) is 0 Å². The van der Waals surface area contributed by atoms with Crippen molar-refractivity contribution >= 4 is 11.7 Å². The Kier molecular flexibility index (Phi) is 5.09. The molecule has 1 aromatic rings. The Morgan fingerprint density at radius 2 is 2.11 bits per heavy atom. The molecule has 1 rings (SSSR count). The van der Waals surface area contributed by atoms with Gasteiger partial charge in [-0.2, -0.15) is 0 Å². The quantitative estimate of drug-likeness (QED) is 0.820. The van der Waals surface area contributed by atoms with Crippen LogP contribution in [0.3, 0.4) is 0 Å². The highest BCUT2D eigenvalue weighted by Gasteiger charge is 2.10. The number of likely N-dealkylation sites (N-methyl/N-ethyl adjacent to an activating group) is 1. The zero-order chi connectivity index (χ0) is 13.7. The number of aromatic nitrogens is 1. The third-order valence-corrected chi connectivity index (χ3v) is 2.56. The fourth-order valence-corrected chi connectivity index (χ4v) is 1.50. The Balaban J connectivity index is 2.73. The number of anilines is 1. The number of hydrogen-bond donors (Lipinski definition) is 2. The highest BCUT2D eigenvalue weighted by Crippen LogP contribution is 2.15. The van der Waals surface area contributed by atoms with E-state index in [1.165, 1.54) is 0 Å². The predicted octanol–water partition coefficient (Wildman–Crippen LogP) is 1.08. The Hall–Kier alpha value is -1.62. The molecule has 0 saturated heterocycles. The third-order valence-electron chi connectivity index (χ3n) is 2.56. The van der Waals surface area contributed by atoms with Gasteiger partial charge in [-0.15, -0.1) is 0 Å². The fraction of sp³-hybridized carbons (Fsp3) is 0.538. The number of rotatable bonds is 5. The molecule has 18 heavy (non-hydrogen) atoms. The van der Waals surface area contributed by atoms with Gasteiger partial charge in [0.2, 0.25) is 0 Å². The van der Waals surface area contributed by atoms with E-state index < -0.39 is 0 Å². The van der Waals surface area contributed by atoms with Crippen LogP contribution in [-0.2, 0) is 0 Å². The van der Waals surface area contributed by atoms with E-state index in [9.17, 15) is 4.79 Å². The van der Waals surface area contributed by atoms with Crippen LogP contribution in [0.15, 0.2) is 12.1 Å². The lowest BCUT2D eigenvalue weighted by molar-refractivity contribution is 0.0951. The molecule has 5 heteroatoms. The molecule has 1 aromatic heterocycles. The van der Waals surface area contributed by atoms with E-state index in [-0.39, 0.29) is 11.8 Å². The van der Waals surface area contributed by atoms with Gasteiger partial charge in [-0.25, -0.2) is 4.98 Å². The number of hydrogen-bond acceptors (Lipinski definition) is 4. The van der Waals surface area contributed by atoms with E-state index in [0.29, 0.717) is 17.9 Å². The van der Waals surface area contributed by atoms with Crippen molar-refractivity contribution in [3.05, 3.63) is 23.4 Å². The number of carbonyl (C=O) groups is 1. The van der Waals surface area contributed by atoms with E-state index in [1.54, 1.807) is 12.1 Å². The molecule has 0 unspecified atom stereocenters. The van der Waals surface area contributed by atoms with Gasteiger partial charge in [0.15, 0.2) is 0 Å². The first kappa shape index (κ1) is 14.4. The summed E-state index contributed by atoms with van der Waals surface area (Å²) in [6.45, 7) is 5.47. The Labute approximate surface area is 108 Å². The molecule has 0 aliphatic carbocycles. The van der Waals surface area contributed by atoms with Gasteiger partial charge < -0.3 is 16.0 Å². The normalized spacial score (nSPS) is 11.0.